The van der Waals surface area contributed by atoms with Crippen molar-refractivity contribution in [1.82, 2.24) is 4.98 Å². The van der Waals surface area contributed by atoms with Crippen LogP contribution in [-0.2, 0) is 0 Å². The van der Waals surface area contributed by atoms with E-state index in [9.17, 15) is 0 Å². The summed E-state index contributed by atoms with van der Waals surface area (Å²) >= 11 is 0. The van der Waals surface area contributed by atoms with Crippen LogP contribution in [0.15, 0.2) is 18.3 Å². The monoisotopic (exact) mass is 232 g/mol. The third-order valence-corrected chi connectivity index (χ3v) is 3.42. The number of rotatable bonds is 3. The molecule has 1 aliphatic rings. The molecule has 2 heterocycles. The summed E-state index contributed by atoms with van der Waals surface area (Å²) in [5, 5.41) is 7.62. The fourth-order valence-electron chi connectivity index (χ4n) is 2.58. The first-order valence-electron chi connectivity index (χ1n) is 6.17. The first kappa shape index (κ1) is 11.9. The van der Waals surface area contributed by atoms with Crippen LogP contribution >= 0.6 is 0 Å². The molecule has 1 unspecified atom stereocenters. The highest BCUT2D eigenvalue weighted by molar-refractivity contribution is 5.99. The van der Waals surface area contributed by atoms with Crippen LogP contribution in [0.2, 0.25) is 0 Å². The summed E-state index contributed by atoms with van der Waals surface area (Å²) in [5.41, 5.74) is 6.37. The number of nitrogens with two attached hydrogens (primary N) is 1. The van der Waals surface area contributed by atoms with E-state index in [0.717, 1.165) is 17.9 Å². The first-order chi connectivity index (χ1) is 8.11. The molecule has 0 aliphatic carbocycles. The third kappa shape index (κ3) is 2.25. The second-order valence-electron chi connectivity index (χ2n) is 4.94. The highest BCUT2D eigenvalue weighted by atomic mass is 15.2. The minimum atomic E-state index is 0.0995. The molecular formula is C13H20N4. The van der Waals surface area contributed by atoms with Gasteiger partial charge < -0.3 is 10.6 Å². The molecule has 3 N–H and O–H groups in total. The highest BCUT2D eigenvalue weighted by Gasteiger charge is 2.29. The molecule has 0 spiro atoms. The normalized spacial score (nSPS) is 19.9. The van der Waals surface area contributed by atoms with Crippen LogP contribution in [0.25, 0.3) is 0 Å². The van der Waals surface area contributed by atoms with Crippen molar-refractivity contribution in [1.29, 1.82) is 5.41 Å². The molecule has 1 aliphatic heterocycles. The van der Waals surface area contributed by atoms with Gasteiger partial charge in [0.25, 0.3) is 0 Å². The molecule has 1 saturated heterocycles. The lowest BCUT2D eigenvalue weighted by atomic mass is 10.0. The van der Waals surface area contributed by atoms with Crippen LogP contribution < -0.4 is 10.6 Å². The van der Waals surface area contributed by atoms with Gasteiger partial charge in [0.15, 0.2) is 0 Å². The molecule has 0 radical (unpaired) electrons. The summed E-state index contributed by atoms with van der Waals surface area (Å²) in [6, 6.07) is 4.23. The van der Waals surface area contributed by atoms with Gasteiger partial charge in [-0.25, -0.2) is 4.98 Å². The third-order valence-electron chi connectivity index (χ3n) is 3.42. The zero-order chi connectivity index (χ0) is 12.4. The number of nitrogens with zero attached hydrogens (tertiary/aromatic N) is 2. The minimum absolute atomic E-state index is 0.0995. The van der Waals surface area contributed by atoms with Crippen LogP contribution in [0.5, 0.6) is 0 Å². The molecular weight excluding hydrogens is 212 g/mol. The number of nitrogen functional groups attached to an aromatic ring is 1. The molecule has 1 aromatic heterocycles. The molecule has 0 amide bonds. The molecule has 1 fully saturated rings. The van der Waals surface area contributed by atoms with Crippen molar-refractivity contribution >= 4 is 11.7 Å². The molecule has 0 saturated carbocycles. The molecule has 1 aromatic rings. The standard InChI is InChI=1S/C13H20N4/c1-9(2)11-6-4-8-17(11)13-10(12(14)15)5-3-7-16-13/h3,5,7,9,11H,4,6,8H2,1-2H3,(H3,14,15). The van der Waals surface area contributed by atoms with Crippen molar-refractivity contribution in [3.05, 3.63) is 23.9 Å². The molecule has 2 rings (SSSR count). The Balaban J connectivity index is 2.36. The average molecular weight is 232 g/mol. The van der Waals surface area contributed by atoms with Gasteiger partial charge in [0.05, 0.1) is 5.56 Å². The predicted molar refractivity (Wildman–Crippen MR) is 70.5 cm³/mol. The number of aromatic nitrogens is 1. The quantitative estimate of drug-likeness (QED) is 0.618. The highest BCUT2D eigenvalue weighted by Crippen LogP contribution is 2.30. The van der Waals surface area contributed by atoms with Gasteiger partial charge in [-0.3, -0.25) is 5.41 Å². The number of nitrogens with one attached hydrogen (secondary N) is 1. The maximum Gasteiger partial charge on any atom is 0.139 e. The molecule has 0 aromatic carbocycles. The predicted octanol–water partition coefficient (Wildman–Crippen LogP) is 1.99. The smallest absolute Gasteiger partial charge is 0.139 e. The summed E-state index contributed by atoms with van der Waals surface area (Å²) in [6.45, 7) is 5.48. The number of hydrogen-bond donors (Lipinski definition) is 2. The van der Waals surface area contributed by atoms with Gasteiger partial charge in [-0.2, -0.15) is 0 Å². The van der Waals surface area contributed by atoms with E-state index in [1.54, 1.807) is 6.20 Å². The number of amidine groups is 1. The van der Waals surface area contributed by atoms with E-state index < -0.39 is 0 Å². The van der Waals surface area contributed by atoms with E-state index in [-0.39, 0.29) is 5.84 Å². The fourth-order valence-corrected chi connectivity index (χ4v) is 2.58. The number of anilines is 1. The summed E-state index contributed by atoms with van der Waals surface area (Å²) < 4.78 is 0. The molecule has 92 valence electrons. The molecule has 17 heavy (non-hydrogen) atoms. The van der Waals surface area contributed by atoms with Gasteiger partial charge >= 0.3 is 0 Å². The zero-order valence-corrected chi connectivity index (χ0v) is 10.5. The van der Waals surface area contributed by atoms with Crippen molar-refractivity contribution in [2.45, 2.75) is 32.7 Å². The van der Waals surface area contributed by atoms with Crippen molar-refractivity contribution in [2.24, 2.45) is 11.7 Å². The second-order valence-corrected chi connectivity index (χ2v) is 4.94. The van der Waals surface area contributed by atoms with E-state index in [1.807, 2.05) is 12.1 Å². The van der Waals surface area contributed by atoms with Crippen molar-refractivity contribution < 1.29 is 0 Å². The maximum absolute atomic E-state index is 7.62. The summed E-state index contributed by atoms with van der Waals surface area (Å²) in [6.07, 6.45) is 4.17. The van der Waals surface area contributed by atoms with Crippen molar-refractivity contribution in [3.8, 4) is 0 Å². The van der Waals surface area contributed by atoms with E-state index in [0.29, 0.717) is 12.0 Å². The van der Waals surface area contributed by atoms with Crippen LogP contribution in [0.4, 0.5) is 5.82 Å². The number of hydrogen-bond acceptors (Lipinski definition) is 3. The van der Waals surface area contributed by atoms with E-state index >= 15 is 0 Å². The molecule has 4 heteroatoms. The molecule has 4 nitrogen and oxygen atoms in total. The van der Waals surface area contributed by atoms with Gasteiger partial charge in [-0.1, -0.05) is 13.8 Å². The van der Waals surface area contributed by atoms with Crippen LogP contribution in [0.1, 0.15) is 32.3 Å². The van der Waals surface area contributed by atoms with Crippen molar-refractivity contribution in [3.63, 3.8) is 0 Å². The Bertz CT molecular complexity index is 414. The van der Waals surface area contributed by atoms with Crippen LogP contribution in [0, 0.1) is 11.3 Å². The van der Waals surface area contributed by atoms with Crippen LogP contribution in [0.3, 0.4) is 0 Å². The Morgan fingerprint density at radius 1 is 1.59 bits per heavy atom. The van der Waals surface area contributed by atoms with Gasteiger partial charge in [-0.05, 0) is 30.9 Å². The van der Waals surface area contributed by atoms with E-state index in [2.05, 4.69) is 23.7 Å². The first-order valence-corrected chi connectivity index (χ1v) is 6.17. The van der Waals surface area contributed by atoms with Crippen LogP contribution in [-0.4, -0.2) is 23.4 Å². The molecule has 0 bridgehead atoms. The molecule has 1 atom stereocenters. The maximum atomic E-state index is 7.62. The zero-order valence-electron chi connectivity index (χ0n) is 10.5. The summed E-state index contributed by atoms with van der Waals surface area (Å²) in [5.74, 6) is 1.57. The Morgan fingerprint density at radius 2 is 2.35 bits per heavy atom. The van der Waals surface area contributed by atoms with E-state index in [1.165, 1.54) is 12.8 Å². The summed E-state index contributed by atoms with van der Waals surface area (Å²) in [4.78, 5) is 6.73. The number of pyridine rings is 1. The Labute approximate surface area is 102 Å². The second kappa shape index (κ2) is 4.73. The Morgan fingerprint density at radius 3 is 3.00 bits per heavy atom. The Kier molecular flexibility index (Phi) is 3.31. The SMILES string of the molecule is CC(C)C1CCCN1c1ncccc1C(=N)N. The largest absolute Gasteiger partial charge is 0.384 e. The summed E-state index contributed by atoms with van der Waals surface area (Å²) in [7, 11) is 0. The minimum Gasteiger partial charge on any atom is -0.384 e. The van der Waals surface area contributed by atoms with Gasteiger partial charge in [-0.15, -0.1) is 0 Å². The van der Waals surface area contributed by atoms with Gasteiger partial charge in [0.1, 0.15) is 11.7 Å². The lowest BCUT2D eigenvalue weighted by molar-refractivity contribution is 0.489. The van der Waals surface area contributed by atoms with Gasteiger partial charge in [0.2, 0.25) is 0 Å². The topological polar surface area (TPSA) is 66.0 Å². The van der Waals surface area contributed by atoms with Gasteiger partial charge in [0, 0.05) is 18.8 Å². The average Bonchev–Trinajstić information content (AvgIpc) is 2.77. The lowest BCUT2D eigenvalue weighted by Gasteiger charge is -2.30. The van der Waals surface area contributed by atoms with E-state index in [4.69, 9.17) is 11.1 Å². The Hall–Kier alpha value is -1.58. The lowest BCUT2D eigenvalue weighted by Crippen LogP contribution is -2.35. The fraction of sp³-hybridized carbons (Fsp3) is 0.538. The van der Waals surface area contributed by atoms with Crippen molar-refractivity contribution in [2.75, 3.05) is 11.4 Å².